The predicted octanol–water partition coefficient (Wildman–Crippen LogP) is 6.75. The van der Waals surface area contributed by atoms with E-state index in [2.05, 4.69) is 50.0 Å². The van der Waals surface area contributed by atoms with Gasteiger partial charge in [-0.15, -0.1) is 0 Å². The zero-order valence-electron chi connectivity index (χ0n) is 39.6. The Morgan fingerprint density at radius 3 is 1.36 bits per heavy atom. The van der Waals surface area contributed by atoms with Crippen molar-refractivity contribution in [1.82, 2.24) is 53.7 Å². The number of hydrogen-bond acceptors (Lipinski definition) is 16. The van der Waals surface area contributed by atoms with Gasteiger partial charge in [-0.2, -0.15) is 0 Å². The molecule has 21 nitrogen and oxygen atoms in total. The number of rotatable bonds is 11. The average Bonchev–Trinajstić information content (AvgIpc) is 4.16. The second-order valence-corrected chi connectivity index (χ2v) is 15.2. The molecule has 6 aromatic heterocycles. The van der Waals surface area contributed by atoms with Gasteiger partial charge in [0, 0.05) is 67.7 Å². The van der Waals surface area contributed by atoms with Crippen molar-refractivity contribution in [2.45, 2.75) is 76.4 Å². The number of nitrogens with one attached hydrogen (secondary N) is 2. The lowest BCUT2D eigenvalue weighted by atomic mass is 10.1. The molecular formula is C51H59F2N11O10. The molecule has 392 valence electrons. The maximum absolute atomic E-state index is 13.3. The Labute approximate surface area is 425 Å². The van der Waals surface area contributed by atoms with Gasteiger partial charge in [0.25, 0.3) is 11.8 Å². The molecule has 0 fully saturated rings. The van der Waals surface area contributed by atoms with Gasteiger partial charge in [0.1, 0.15) is 34.5 Å². The second kappa shape index (κ2) is 28.0. The van der Waals surface area contributed by atoms with E-state index in [1.165, 1.54) is 49.9 Å². The van der Waals surface area contributed by atoms with Crippen molar-refractivity contribution in [1.29, 1.82) is 0 Å². The number of carbonyl (C=O) groups is 7. The number of aryl methyl sites for hydroxylation is 4. The van der Waals surface area contributed by atoms with Crippen molar-refractivity contribution in [3.05, 3.63) is 160 Å². The third-order valence-corrected chi connectivity index (χ3v) is 9.94. The summed E-state index contributed by atoms with van der Waals surface area (Å²) in [6.45, 7) is 8.87. The number of ether oxygens (including phenoxy) is 3. The van der Waals surface area contributed by atoms with E-state index in [4.69, 9.17) is 4.74 Å². The fraction of sp³-hybridized carbons (Fsp3) is 0.275. The third-order valence-electron chi connectivity index (χ3n) is 9.94. The molecule has 0 aliphatic heterocycles. The van der Waals surface area contributed by atoms with Crippen LogP contribution in [-0.4, -0.2) is 106 Å². The normalized spacial score (nSPS) is 9.97. The summed E-state index contributed by atoms with van der Waals surface area (Å²) >= 11 is 0. The Morgan fingerprint density at radius 2 is 0.946 bits per heavy atom. The number of aromatic nitrogens is 9. The number of Topliss-reactive ketones (excluding diaryl/α,β-unsaturated/α-hetero) is 2. The van der Waals surface area contributed by atoms with E-state index < -0.39 is 29.6 Å². The highest BCUT2D eigenvalue weighted by Crippen LogP contribution is 2.13. The second-order valence-electron chi connectivity index (χ2n) is 15.2. The van der Waals surface area contributed by atoms with Crippen LogP contribution in [0.5, 0.6) is 0 Å². The molecule has 2 aromatic carbocycles. The minimum Gasteiger partial charge on any atom is -0.464 e. The summed E-state index contributed by atoms with van der Waals surface area (Å²) in [7, 11) is 3.68. The molecule has 0 radical (unpaired) electrons. The van der Waals surface area contributed by atoms with E-state index in [0.29, 0.717) is 34.9 Å². The van der Waals surface area contributed by atoms with Crippen LogP contribution in [0.2, 0.25) is 0 Å². The van der Waals surface area contributed by atoms with Crippen LogP contribution >= 0.6 is 0 Å². The molecule has 74 heavy (non-hydrogen) atoms. The minimum atomic E-state index is -0.963. The van der Waals surface area contributed by atoms with Gasteiger partial charge in [0.2, 0.25) is 23.1 Å². The standard InChI is InChI=1S/C17H15FN4O3.C16H15FN4O.C9H9N3O2.C6H8O4.3CH4/c1-10-7-11(3-4-12(10)18)9-20-15(23)13-8-14(16(24)25-2)22-6-5-19-17(22)21-13;1-10-7-12(3-4-13(10)17)9-19-15(22)14-8-11(2)21-6-5-18-16(21)20-14;1-6-5-7(8(13)14-2)11-9-10-3-4-12(6)9;1-4(7)3-5(8)6(9)10-2;;;/h3-8H,9H2,1-2H3,(H,20,23);3-8H,9H2,1-2H3,(H,19,22);3-5H,1-2H3;3H2,1-2H3;3*1H4. The van der Waals surface area contributed by atoms with Crippen LogP contribution in [0.3, 0.4) is 0 Å². The van der Waals surface area contributed by atoms with Gasteiger partial charge in [-0.05, 0) is 81.1 Å². The zero-order valence-corrected chi connectivity index (χ0v) is 39.6. The maximum Gasteiger partial charge on any atom is 0.374 e. The van der Waals surface area contributed by atoms with E-state index in [1.807, 2.05) is 13.8 Å². The molecule has 23 heteroatoms. The zero-order chi connectivity index (χ0) is 51.9. The number of benzene rings is 2. The van der Waals surface area contributed by atoms with Crippen LogP contribution in [-0.2, 0) is 41.7 Å². The minimum absolute atomic E-state index is 0. The molecule has 0 aliphatic carbocycles. The number of halogens is 2. The first-order valence-corrected chi connectivity index (χ1v) is 21.1. The molecule has 0 atom stereocenters. The number of esters is 3. The molecule has 0 unspecified atom stereocenters. The van der Waals surface area contributed by atoms with E-state index in [9.17, 15) is 42.3 Å². The molecule has 0 saturated heterocycles. The fourth-order valence-electron chi connectivity index (χ4n) is 6.32. The van der Waals surface area contributed by atoms with Crippen LogP contribution in [0.25, 0.3) is 17.3 Å². The Bertz CT molecular complexity index is 3300. The molecule has 0 saturated carbocycles. The number of fused-ring (bicyclic) bond motifs is 3. The van der Waals surface area contributed by atoms with Crippen LogP contribution in [0.15, 0.2) is 91.8 Å². The number of ketones is 2. The number of nitrogens with zero attached hydrogens (tertiary/aromatic N) is 9. The first-order chi connectivity index (χ1) is 33.8. The van der Waals surface area contributed by atoms with Gasteiger partial charge in [0.15, 0.2) is 5.69 Å². The highest BCUT2D eigenvalue weighted by molar-refractivity contribution is 6.36. The van der Waals surface area contributed by atoms with Crippen LogP contribution in [0, 0.1) is 39.3 Å². The average molecular weight is 1020 g/mol. The Morgan fingerprint density at radius 1 is 0.541 bits per heavy atom. The topological polar surface area (TPSA) is 262 Å². The highest BCUT2D eigenvalue weighted by Gasteiger charge is 2.19. The summed E-state index contributed by atoms with van der Waals surface area (Å²) in [5, 5.41) is 5.48. The first-order valence-electron chi connectivity index (χ1n) is 21.1. The monoisotopic (exact) mass is 1020 g/mol. The van der Waals surface area contributed by atoms with Crippen molar-refractivity contribution in [3.8, 4) is 0 Å². The van der Waals surface area contributed by atoms with Crippen LogP contribution in [0.4, 0.5) is 8.78 Å². The fourth-order valence-corrected chi connectivity index (χ4v) is 6.32. The number of carbonyl (C=O) groups excluding carboxylic acids is 7. The van der Waals surface area contributed by atoms with Crippen molar-refractivity contribution < 1.29 is 56.6 Å². The molecular weight excluding hydrogens is 965 g/mol. The van der Waals surface area contributed by atoms with Gasteiger partial charge in [-0.1, -0.05) is 46.5 Å². The molecule has 0 bridgehead atoms. The largest absolute Gasteiger partial charge is 0.464 e. The summed E-state index contributed by atoms with van der Waals surface area (Å²) in [5.74, 6) is -3.25. The smallest absolute Gasteiger partial charge is 0.374 e. The van der Waals surface area contributed by atoms with Gasteiger partial charge in [-0.3, -0.25) is 32.4 Å². The number of methoxy groups -OCH3 is 3. The Hall–Kier alpha value is -9.15. The number of imidazole rings is 3. The van der Waals surface area contributed by atoms with E-state index in [1.54, 1.807) is 90.0 Å². The lowest BCUT2D eigenvalue weighted by molar-refractivity contribution is -0.152. The summed E-state index contributed by atoms with van der Waals surface area (Å²) in [6, 6.07) is 14.1. The molecule has 6 heterocycles. The van der Waals surface area contributed by atoms with Crippen molar-refractivity contribution >= 4 is 58.6 Å². The van der Waals surface area contributed by atoms with Gasteiger partial charge >= 0.3 is 17.9 Å². The SMILES string of the molecule is C.C.C.COC(=O)C(=O)CC(C)=O.COC(=O)c1cc(C(=O)NCc2ccc(F)c(C)c2)nc2nccn12.COC(=O)c1cc(C)n2ccnc2n1.Cc1cc(CNC(=O)c2cc(C)n3ccnc3n2)ccc1F. The van der Waals surface area contributed by atoms with Gasteiger partial charge in [0.05, 0.1) is 27.8 Å². The molecule has 0 aliphatic rings. The van der Waals surface area contributed by atoms with E-state index in [0.717, 1.165) is 29.6 Å². The quantitative estimate of drug-likeness (QED) is 0.0587. The van der Waals surface area contributed by atoms with Crippen molar-refractivity contribution in [2.75, 3.05) is 21.3 Å². The molecule has 8 aromatic rings. The molecule has 0 spiro atoms. The molecule has 2 amide bonds. The summed E-state index contributed by atoms with van der Waals surface area (Å²) < 4.78 is 44.9. The van der Waals surface area contributed by atoms with Crippen molar-refractivity contribution in [2.24, 2.45) is 0 Å². The predicted molar refractivity (Wildman–Crippen MR) is 268 cm³/mol. The number of hydrogen-bond donors (Lipinski definition) is 2. The first kappa shape index (κ1) is 61.0. The van der Waals surface area contributed by atoms with Gasteiger partial charge < -0.3 is 24.8 Å². The molecule has 8 rings (SSSR count). The summed E-state index contributed by atoms with van der Waals surface area (Å²) in [6.07, 6.45) is 9.51. The van der Waals surface area contributed by atoms with Gasteiger partial charge in [-0.25, -0.2) is 53.1 Å². The van der Waals surface area contributed by atoms with Crippen LogP contribution < -0.4 is 10.6 Å². The Kier molecular flexibility index (Phi) is 23.1. The van der Waals surface area contributed by atoms with E-state index >= 15 is 0 Å². The highest BCUT2D eigenvalue weighted by atomic mass is 19.1. The maximum atomic E-state index is 13.3. The Balaban J connectivity index is 0.000000351. The van der Waals surface area contributed by atoms with E-state index in [-0.39, 0.29) is 81.4 Å². The lowest BCUT2D eigenvalue weighted by Crippen LogP contribution is -2.25. The number of amides is 2. The van der Waals surface area contributed by atoms with Crippen LogP contribution in [0.1, 0.15) is 111 Å². The van der Waals surface area contributed by atoms with Crippen molar-refractivity contribution in [3.63, 3.8) is 0 Å². The molecule has 2 N–H and O–H groups in total. The summed E-state index contributed by atoms with van der Waals surface area (Å²) in [4.78, 5) is 103. The third kappa shape index (κ3) is 15.9. The summed E-state index contributed by atoms with van der Waals surface area (Å²) in [5.41, 5.74) is 5.20. The lowest BCUT2D eigenvalue weighted by Gasteiger charge is -2.08.